The molecular weight excluding hydrogens is 376 g/mol. The third kappa shape index (κ3) is 3.91. The molecule has 142 valence electrons. The number of nitrogens with one attached hydrogen (secondary N) is 1. The van der Waals surface area contributed by atoms with Crippen LogP contribution < -0.4 is 5.48 Å². The van der Waals surface area contributed by atoms with Crippen molar-refractivity contribution in [3.05, 3.63) is 40.0 Å². The predicted molar refractivity (Wildman–Crippen MR) is 97.0 cm³/mol. The lowest BCUT2D eigenvalue weighted by Gasteiger charge is -2.05. The van der Waals surface area contributed by atoms with E-state index in [0.717, 1.165) is 0 Å². The van der Waals surface area contributed by atoms with Gasteiger partial charge in [-0.25, -0.2) is 5.48 Å². The van der Waals surface area contributed by atoms with Crippen molar-refractivity contribution in [2.75, 3.05) is 0 Å². The Hall–Kier alpha value is -2.98. The molecule has 2 heterocycles. The number of carbonyl (C=O) groups is 1. The molecule has 1 aromatic carbocycles. The van der Waals surface area contributed by atoms with Crippen molar-refractivity contribution in [1.82, 2.24) is 25.0 Å². The molecule has 0 aliphatic carbocycles. The highest BCUT2D eigenvalue weighted by Crippen LogP contribution is 2.41. The summed E-state index contributed by atoms with van der Waals surface area (Å²) in [7, 11) is 0. The summed E-state index contributed by atoms with van der Waals surface area (Å²) in [5, 5.41) is 30.6. The average molecular weight is 393 g/mol. The van der Waals surface area contributed by atoms with E-state index in [9.17, 15) is 14.8 Å². The molecule has 0 spiro atoms. The van der Waals surface area contributed by atoms with Crippen molar-refractivity contribution < 1.29 is 15.1 Å². The standard InChI is InChI=1S/C16H17ClN6O4/c17-12-5-3-4-11-14(20-27)16(25)23(15(11)12)9-10-8-22(21-18-10)7-2-1-6-13(24)19-26/h3-5,8,25-26H,1-2,6-7,9H2,(H,19,24). The predicted octanol–water partition coefficient (Wildman–Crippen LogP) is 2.71. The van der Waals surface area contributed by atoms with Crippen LogP contribution in [0.15, 0.2) is 29.6 Å². The van der Waals surface area contributed by atoms with Gasteiger partial charge in [0.25, 0.3) is 0 Å². The number of hydrogen-bond donors (Lipinski definition) is 3. The Balaban J connectivity index is 1.75. The van der Waals surface area contributed by atoms with Crippen molar-refractivity contribution in [3.8, 4) is 5.88 Å². The van der Waals surface area contributed by atoms with Crippen LogP contribution in [0.2, 0.25) is 5.02 Å². The number of amides is 1. The number of aromatic hydroxyl groups is 1. The molecule has 0 unspecified atom stereocenters. The van der Waals surface area contributed by atoms with Gasteiger partial charge in [0.15, 0.2) is 5.69 Å². The molecule has 1 amide bonds. The molecule has 0 bridgehead atoms. The second-order valence-corrected chi connectivity index (χ2v) is 6.36. The molecule has 2 aromatic heterocycles. The second-order valence-electron chi connectivity index (χ2n) is 5.95. The largest absolute Gasteiger partial charge is 0.493 e. The molecule has 0 aliphatic rings. The molecular formula is C16H17ClN6O4. The zero-order valence-corrected chi connectivity index (χ0v) is 14.9. The monoisotopic (exact) mass is 392 g/mol. The third-order valence-corrected chi connectivity index (χ3v) is 4.45. The summed E-state index contributed by atoms with van der Waals surface area (Å²) < 4.78 is 3.09. The van der Waals surface area contributed by atoms with E-state index >= 15 is 0 Å². The third-order valence-electron chi connectivity index (χ3n) is 4.14. The number of nitroso groups, excluding NO2 is 1. The summed E-state index contributed by atoms with van der Waals surface area (Å²) in [5.41, 5.74) is 2.58. The number of aromatic nitrogens is 4. The molecule has 3 N–H and O–H groups in total. The number of fused-ring (bicyclic) bond motifs is 1. The lowest BCUT2D eigenvalue weighted by atomic mass is 10.2. The number of benzene rings is 1. The fourth-order valence-corrected chi connectivity index (χ4v) is 3.15. The van der Waals surface area contributed by atoms with E-state index in [0.29, 0.717) is 41.0 Å². The van der Waals surface area contributed by atoms with Crippen LogP contribution in [0.1, 0.15) is 25.0 Å². The van der Waals surface area contributed by atoms with Crippen molar-refractivity contribution in [1.29, 1.82) is 0 Å². The van der Waals surface area contributed by atoms with E-state index in [1.807, 2.05) is 0 Å². The van der Waals surface area contributed by atoms with E-state index in [2.05, 4.69) is 15.5 Å². The summed E-state index contributed by atoms with van der Waals surface area (Å²) in [6.07, 6.45) is 3.21. The minimum Gasteiger partial charge on any atom is -0.493 e. The highest BCUT2D eigenvalue weighted by atomic mass is 35.5. The van der Waals surface area contributed by atoms with E-state index in [1.165, 1.54) is 4.57 Å². The zero-order chi connectivity index (χ0) is 19.4. The Bertz CT molecular complexity index is 983. The molecule has 0 aliphatic heterocycles. The molecule has 3 rings (SSSR count). The number of unbranched alkanes of at least 4 members (excludes halogenated alkanes) is 1. The van der Waals surface area contributed by atoms with Gasteiger partial charge in [-0.05, 0) is 24.1 Å². The number of carbonyl (C=O) groups excluding carboxylic acids is 1. The van der Waals surface area contributed by atoms with Crippen LogP contribution in [0.3, 0.4) is 0 Å². The zero-order valence-electron chi connectivity index (χ0n) is 14.2. The number of hydrogen-bond acceptors (Lipinski definition) is 7. The number of para-hydroxylation sites is 1. The highest BCUT2D eigenvalue weighted by Gasteiger charge is 2.20. The molecule has 10 nitrogen and oxygen atoms in total. The van der Waals surface area contributed by atoms with Gasteiger partial charge in [-0.15, -0.1) is 10.0 Å². The Morgan fingerprint density at radius 2 is 2.15 bits per heavy atom. The van der Waals surface area contributed by atoms with Crippen molar-refractivity contribution in [3.63, 3.8) is 0 Å². The SMILES string of the molecule is O=Nc1c(O)n(Cc2cn(CCCCC(=O)NO)nn2)c2c(Cl)cccc12. The van der Waals surface area contributed by atoms with E-state index < -0.39 is 5.91 Å². The average Bonchev–Trinajstić information content (AvgIpc) is 3.22. The summed E-state index contributed by atoms with van der Waals surface area (Å²) >= 11 is 6.23. The van der Waals surface area contributed by atoms with E-state index in [4.69, 9.17) is 16.8 Å². The lowest BCUT2D eigenvalue weighted by Crippen LogP contribution is -2.18. The number of halogens is 1. The molecule has 0 atom stereocenters. The summed E-state index contributed by atoms with van der Waals surface area (Å²) in [6.45, 7) is 0.709. The Kier molecular flexibility index (Phi) is 5.67. The number of hydroxylamine groups is 1. The summed E-state index contributed by atoms with van der Waals surface area (Å²) in [5.74, 6) is -0.710. The Labute approximate surface area is 158 Å². The summed E-state index contributed by atoms with van der Waals surface area (Å²) in [6, 6.07) is 5.00. The second kappa shape index (κ2) is 8.14. The molecule has 0 saturated heterocycles. The molecule has 3 aromatic rings. The van der Waals surface area contributed by atoms with Crippen LogP contribution in [-0.4, -0.2) is 35.8 Å². The maximum Gasteiger partial charge on any atom is 0.243 e. The van der Waals surface area contributed by atoms with Gasteiger partial charge < -0.3 is 9.67 Å². The van der Waals surface area contributed by atoms with Crippen LogP contribution >= 0.6 is 11.6 Å². The molecule has 11 heteroatoms. The van der Waals surface area contributed by atoms with Crippen LogP contribution in [0.25, 0.3) is 10.9 Å². The van der Waals surface area contributed by atoms with Crippen LogP contribution in [-0.2, 0) is 17.9 Å². The maximum atomic E-state index is 11.1. The highest BCUT2D eigenvalue weighted by molar-refractivity contribution is 6.35. The van der Waals surface area contributed by atoms with Gasteiger partial charge >= 0.3 is 0 Å². The van der Waals surface area contributed by atoms with Gasteiger partial charge in [0, 0.05) is 18.4 Å². The van der Waals surface area contributed by atoms with E-state index in [1.54, 1.807) is 34.6 Å². The molecule has 0 fully saturated rings. The van der Waals surface area contributed by atoms with Crippen LogP contribution in [0.5, 0.6) is 5.88 Å². The molecule has 0 radical (unpaired) electrons. The number of nitrogens with zero attached hydrogens (tertiary/aromatic N) is 5. The Morgan fingerprint density at radius 3 is 2.89 bits per heavy atom. The smallest absolute Gasteiger partial charge is 0.243 e. The van der Waals surface area contributed by atoms with Gasteiger partial charge in [0.05, 0.1) is 23.3 Å². The van der Waals surface area contributed by atoms with Gasteiger partial charge in [-0.3, -0.25) is 14.7 Å². The summed E-state index contributed by atoms with van der Waals surface area (Å²) in [4.78, 5) is 22.1. The minimum absolute atomic E-state index is 0.0675. The van der Waals surface area contributed by atoms with Crippen molar-refractivity contribution in [2.45, 2.75) is 32.4 Å². The normalized spacial score (nSPS) is 11.0. The van der Waals surface area contributed by atoms with Gasteiger partial charge in [-0.2, -0.15) is 0 Å². The quantitative estimate of drug-likeness (QED) is 0.233. The minimum atomic E-state index is -0.430. The maximum absolute atomic E-state index is 11.1. The van der Waals surface area contributed by atoms with Gasteiger partial charge in [0.2, 0.25) is 11.8 Å². The number of rotatable bonds is 8. The van der Waals surface area contributed by atoms with Crippen LogP contribution in [0, 0.1) is 4.91 Å². The van der Waals surface area contributed by atoms with Gasteiger partial charge in [-0.1, -0.05) is 28.9 Å². The molecule has 0 saturated carbocycles. The van der Waals surface area contributed by atoms with Gasteiger partial charge in [0.1, 0.15) is 5.69 Å². The van der Waals surface area contributed by atoms with Crippen LogP contribution in [0.4, 0.5) is 5.69 Å². The number of aryl methyl sites for hydroxylation is 1. The van der Waals surface area contributed by atoms with Crippen molar-refractivity contribution in [2.24, 2.45) is 5.18 Å². The fourth-order valence-electron chi connectivity index (χ4n) is 2.88. The lowest BCUT2D eigenvalue weighted by molar-refractivity contribution is -0.129. The van der Waals surface area contributed by atoms with Crippen molar-refractivity contribution >= 4 is 34.1 Å². The molecule has 27 heavy (non-hydrogen) atoms. The Morgan fingerprint density at radius 1 is 1.33 bits per heavy atom. The first-order valence-electron chi connectivity index (χ1n) is 8.20. The first-order valence-corrected chi connectivity index (χ1v) is 8.58. The first-order chi connectivity index (χ1) is 13.0. The van der Waals surface area contributed by atoms with E-state index in [-0.39, 0.29) is 24.5 Å². The topological polar surface area (TPSA) is 135 Å². The fraction of sp³-hybridized carbons (Fsp3) is 0.312. The first kappa shape index (κ1) is 18.8.